The Morgan fingerprint density at radius 2 is 0.878 bits per heavy atom. The first kappa shape index (κ1) is 21.8. The van der Waals surface area contributed by atoms with Crippen molar-refractivity contribution >= 4 is 85.4 Å². The van der Waals surface area contributed by atoms with E-state index in [4.69, 9.17) is 0 Å². The summed E-state index contributed by atoms with van der Waals surface area (Å²) in [5.74, 6) is 0. The molecule has 0 amide bonds. The highest BCUT2D eigenvalue weighted by Gasteiger charge is 2.16. The van der Waals surface area contributed by atoms with Crippen LogP contribution in [0.25, 0.3) is 96.3 Å². The summed E-state index contributed by atoms with van der Waals surface area (Å²) in [5, 5.41) is 16.0. The molecule has 10 rings (SSSR count). The fraction of sp³-hybridized carbons (Fsp3) is 0. The van der Waals surface area contributed by atoms with Gasteiger partial charge in [0, 0.05) is 20.2 Å². The maximum atomic E-state index is 2.39. The average Bonchev–Trinajstić information content (AvgIpc) is 3.42. The van der Waals surface area contributed by atoms with Crippen LogP contribution in [0.5, 0.6) is 0 Å². The van der Waals surface area contributed by atoms with E-state index in [-0.39, 0.29) is 0 Å². The largest absolute Gasteiger partial charge is 0.135 e. The van der Waals surface area contributed by atoms with Crippen LogP contribution < -0.4 is 0 Å². The summed E-state index contributed by atoms with van der Waals surface area (Å²) in [4.78, 5) is 0. The molecule has 0 spiro atoms. The van der Waals surface area contributed by atoms with Gasteiger partial charge in [-0.05, 0) is 106 Å². The minimum Gasteiger partial charge on any atom is -0.135 e. The van der Waals surface area contributed by atoms with Gasteiger partial charge in [-0.2, -0.15) is 0 Å². The summed E-state index contributed by atoms with van der Waals surface area (Å²) in [5.41, 5.74) is 5.14. The fourth-order valence-corrected chi connectivity index (χ4v) is 8.44. The molecule has 0 saturated carbocycles. The third-order valence-electron chi connectivity index (χ3n) is 9.14. The molecule has 0 nitrogen and oxygen atoms in total. The molecule has 0 atom stereocenters. The Balaban J connectivity index is 1.16. The Morgan fingerprint density at radius 3 is 1.68 bits per heavy atom. The minimum atomic E-state index is 1.26. The van der Waals surface area contributed by atoms with Crippen LogP contribution in [0.4, 0.5) is 0 Å². The van der Waals surface area contributed by atoms with Crippen molar-refractivity contribution in [2.45, 2.75) is 0 Å². The van der Waals surface area contributed by atoms with Crippen LogP contribution in [0, 0.1) is 0 Å². The summed E-state index contributed by atoms with van der Waals surface area (Å²) in [6.45, 7) is 0. The molecular weight excluding hydrogens is 513 g/mol. The van der Waals surface area contributed by atoms with Crippen LogP contribution >= 0.6 is 11.3 Å². The molecule has 0 aliphatic rings. The number of fused-ring (bicyclic) bond motifs is 1. The molecule has 0 bridgehead atoms. The van der Waals surface area contributed by atoms with Gasteiger partial charge in [-0.3, -0.25) is 0 Å². The average molecular weight is 535 g/mol. The SMILES string of the molecule is c1cc2ccc3ccc(-c4ccc5cc(-c6cc7cccc8sc9cccc6c9c78)ccc5c4)c4ccc(c1)c2c34. The Morgan fingerprint density at radius 1 is 0.317 bits per heavy atom. The zero-order chi connectivity index (χ0) is 26.7. The summed E-state index contributed by atoms with van der Waals surface area (Å²) in [6, 6.07) is 50.0. The Bertz CT molecular complexity index is 2620. The van der Waals surface area contributed by atoms with Crippen LogP contribution in [0.15, 0.2) is 133 Å². The number of hydrogen-bond acceptors (Lipinski definition) is 1. The van der Waals surface area contributed by atoms with Gasteiger partial charge in [0.2, 0.25) is 0 Å². The quantitative estimate of drug-likeness (QED) is 0.193. The summed E-state index contributed by atoms with van der Waals surface area (Å²) in [6.07, 6.45) is 0. The maximum absolute atomic E-state index is 2.39. The monoisotopic (exact) mass is 534 g/mol. The van der Waals surface area contributed by atoms with Crippen LogP contribution in [0.3, 0.4) is 0 Å². The van der Waals surface area contributed by atoms with E-state index < -0.39 is 0 Å². The van der Waals surface area contributed by atoms with Gasteiger partial charge in [-0.1, -0.05) is 103 Å². The van der Waals surface area contributed by atoms with Crippen molar-refractivity contribution in [1.29, 1.82) is 0 Å². The third-order valence-corrected chi connectivity index (χ3v) is 10.3. The zero-order valence-corrected chi connectivity index (χ0v) is 22.9. The van der Waals surface area contributed by atoms with E-state index in [9.17, 15) is 0 Å². The molecule has 0 aliphatic carbocycles. The molecule has 0 aliphatic heterocycles. The Kier molecular flexibility index (Phi) is 4.15. The molecule has 0 N–H and O–H groups in total. The van der Waals surface area contributed by atoms with E-state index in [2.05, 4.69) is 133 Å². The van der Waals surface area contributed by atoms with Crippen molar-refractivity contribution in [1.82, 2.24) is 0 Å². The van der Waals surface area contributed by atoms with Crippen molar-refractivity contribution in [2.75, 3.05) is 0 Å². The standard InChI is InChI=1S/C40H22S/c1-4-23-10-11-25-16-18-31(33-19-17-24(5-1)37(23)38(25)33)28-14-12-27-21-29(15-13-26(27)20-28)34-22-30-6-2-8-35-39(30)40-32(34)7-3-9-36(40)41-35/h1-22H. The first-order valence-corrected chi connectivity index (χ1v) is 15.0. The molecule has 10 aromatic rings. The molecule has 1 aromatic heterocycles. The van der Waals surface area contributed by atoms with Gasteiger partial charge in [-0.25, -0.2) is 0 Å². The van der Waals surface area contributed by atoms with E-state index in [0.717, 1.165) is 0 Å². The first-order chi connectivity index (χ1) is 20.3. The minimum absolute atomic E-state index is 1.26. The Labute approximate surface area is 240 Å². The van der Waals surface area contributed by atoms with Gasteiger partial charge in [0.1, 0.15) is 0 Å². The van der Waals surface area contributed by atoms with Crippen molar-refractivity contribution < 1.29 is 0 Å². The van der Waals surface area contributed by atoms with Crippen LogP contribution in [0.2, 0.25) is 0 Å². The van der Waals surface area contributed by atoms with E-state index in [0.29, 0.717) is 0 Å². The van der Waals surface area contributed by atoms with E-state index >= 15 is 0 Å². The molecule has 41 heavy (non-hydrogen) atoms. The highest BCUT2D eigenvalue weighted by atomic mass is 32.1. The lowest BCUT2D eigenvalue weighted by atomic mass is 9.89. The van der Waals surface area contributed by atoms with Gasteiger partial charge in [0.15, 0.2) is 0 Å². The predicted molar refractivity (Wildman–Crippen MR) is 180 cm³/mol. The van der Waals surface area contributed by atoms with Crippen molar-refractivity contribution in [3.63, 3.8) is 0 Å². The normalized spacial score (nSPS) is 12.4. The predicted octanol–water partition coefficient (Wildman–Crippen LogP) is 12.0. The van der Waals surface area contributed by atoms with Gasteiger partial charge in [-0.15, -0.1) is 11.3 Å². The van der Waals surface area contributed by atoms with Crippen molar-refractivity contribution in [2.24, 2.45) is 0 Å². The van der Waals surface area contributed by atoms with Crippen LogP contribution in [-0.2, 0) is 0 Å². The molecule has 9 aromatic carbocycles. The smallest absolute Gasteiger partial charge is 0.0361 e. The highest BCUT2D eigenvalue weighted by molar-refractivity contribution is 7.26. The molecule has 188 valence electrons. The number of hydrogen-bond donors (Lipinski definition) is 0. The first-order valence-electron chi connectivity index (χ1n) is 14.2. The van der Waals surface area contributed by atoms with E-state index in [1.807, 2.05) is 11.3 Å². The molecule has 0 saturated heterocycles. The second kappa shape index (κ2) is 7.81. The Hall–Kier alpha value is -4.98. The lowest BCUT2D eigenvalue weighted by molar-refractivity contribution is 1.68. The van der Waals surface area contributed by atoms with Crippen molar-refractivity contribution in [3.05, 3.63) is 133 Å². The zero-order valence-electron chi connectivity index (χ0n) is 22.1. The summed E-state index contributed by atoms with van der Waals surface area (Å²) >= 11 is 1.90. The summed E-state index contributed by atoms with van der Waals surface area (Å²) in [7, 11) is 0. The highest BCUT2D eigenvalue weighted by Crippen LogP contribution is 2.45. The third kappa shape index (κ3) is 2.94. The lowest BCUT2D eigenvalue weighted by Gasteiger charge is -2.15. The second-order valence-corrected chi connectivity index (χ2v) is 12.4. The second-order valence-electron chi connectivity index (χ2n) is 11.3. The van der Waals surface area contributed by atoms with E-state index in [1.165, 1.54) is 96.3 Å². The molecule has 0 unspecified atom stereocenters. The van der Waals surface area contributed by atoms with Gasteiger partial charge >= 0.3 is 0 Å². The number of rotatable bonds is 2. The van der Waals surface area contributed by atoms with Crippen LogP contribution in [-0.4, -0.2) is 0 Å². The van der Waals surface area contributed by atoms with Crippen LogP contribution in [0.1, 0.15) is 0 Å². The van der Waals surface area contributed by atoms with E-state index in [1.54, 1.807) is 0 Å². The number of benzene rings is 9. The molecule has 0 fully saturated rings. The van der Waals surface area contributed by atoms with Gasteiger partial charge in [0.25, 0.3) is 0 Å². The summed E-state index contributed by atoms with van der Waals surface area (Å²) < 4.78 is 2.74. The fourth-order valence-electron chi connectivity index (χ4n) is 7.28. The molecular formula is C40H22S. The van der Waals surface area contributed by atoms with Gasteiger partial charge < -0.3 is 0 Å². The van der Waals surface area contributed by atoms with Gasteiger partial charge in [0.05, 0.1) is 0 Å². The molecule has 0 radical (unpaired) electrons. The molecule has 1 heterocycles. The lowest BCUT2D eigenvalue weighted by Crippen LogP contribution is -1.88. The topological polar surface area (TPSA) is 0 Å². The van der Waals surface area contributed by atoms with Crippen molar-refractivity contribution in [3.8, 4) is 22.3 Å². The maximum Gasteiger partial charge on any atom is 0.0361 e. The molecule has 1 heteroatoms. The number of thiophene rings is 1.